The lowest BCUT2D eigenvalue weighted by molar-refractivity contribution is -0.140. The molecule has 0 aromatic heterocycles. The Morgan fingerprint density at radius 2 is 1.89 bits per heavy atom. The summed E-state index contributed by atoms with van der Waals surface area (Å²) in [5.41, 5.74) is 0.0715. The predicted octanol–water partition coefficient (Wildman–Crippen LogP) is 3.35. The van der Waals surface area contributed by atoms with Gasteiger partial charge >= 0.3 is 5.97 Å². The normalized spacial score (nSPS) is 21.8. The zero-order valence-corrected chi connectivity index (χ0v) is 10.7. The van der Waals surface area contributed by atoms with E-state index in [0.29, 0.717) is 16.5 Å². The Balaban J connectivity index is 1.98. The molecule has 0 saturated heterocycles. The summed E-state index contributed by atoms with van der Waals surface area (Å²) in [4.78, 5) is 16.6. The summed E-state index contributed by atoms with van der Waals surface area (Å²) in [5, 5.41) is 0.567. The second-order valence-electron chi connectivity index (χ2n) is 4.88. The van der Waals surface area contributed by atoms with Crippen LogP contribution in [0.4, 0.5) is 0 Å². The number of carbonyl (C=O) groups is 1. The van der Waals surface area contributed by atoms with Crippen molar-refractivity contribution in [2.75, 3.05) is 0 Å². The van der Waals surface area contributed by atoms with E-state index in [4.69, 9.17) is 16.3 Å². The molecular weight excluding hydrogens is 250 g/mol. The molecule has 2 aliphatic rings. The molecule has 0 unspecified atom stereocenters. The van der Waals surface area contributed by atoms with Gasteiger partial charge in [-0.05, 0) is 25.0 Å². The van der Waals surface area contributed by atoms with Crippen LogP contribution < -0.4 is 0 Å². The third-order valence-corrected chi connectivity index (χ3v) is 4.00. The van der Waals surface area contributed by atoms with Crippen molar-refractivity contribution in [3.05, 3.63) is 34.9 Å². The molecule has 0 radical (unpaired) electrons. The summed E-state index contributed by atoms with van der Waals surface area (Å²) < 4.78 is 5.35. The van der Waals surface area contributed by atoms with Crippen LogP contribution in [0.2, 0.25) is 5.02 Å². The van der Waals surface area contributed by atoms with Gasteiger partial charge in [0.15, 0.2) is 5.54 Å². The minimum atomic E-state index is -0.632. The standard InChI is InChI=1S/C14H14ClNO2/c15-11-7-3-2-6-10(11)12-16-14(13(17)18-12)8-4-1-5-9-14/h2-3,6-7H,1,4-5,8-9H2. The van der Waals surface area contributed by atoms with Gasteiger partial charge in [-0.15, -0.1) is 0 Å². The number of cyclic esters (lactones) is 1. The van der Waals surface area contributed by atoms with Crippen LogP contribution in [0.5, 0.6) is 0 Å². The molecule has 1 fully saturated rings. The molecule has 18 heavy (non-hydrogen) atoms. The van der Waals surface area contributed by atoms with Crippen LogP contribution in [0.1, 0.15) is 37.7 Å². The van der Waals surface area contributed by atoms with Gasteiger partial charge in [0.05, 0.1) is 10.6 Å². The maximum absolute atomic E-state index is 12.1. The fraction of sp³-hybridized carbons (Fsp3) is 0.429. The highest BCUT2D eigenvalue weighted by atomic mass is 35.5. The zero-order chi connectivity index (χ0) is 12.6. The third-order valence-electron chi connectivity index (χ3n) is 3.67. The summed E-state index contributed by atoms with van der Waals surface area (Å²) in [5.74, 6) is 0.171. The van der Waals surface area contributed by atoms with E-state index in [1.807, 2.05) is 18.2 Å². The average molecular weight is 264 g/mol. The van der Waals surface area contributed by atoms with Gasteiger partial charge in [-0.1, -0.05) is 43.0 Å². The summed E-state index contributed by atoms with van der Waals surface area (Å²) in [6.07, 6.45) is 4.83. The van der Waals surface area contributed by atoms with Gasteiger partial charge in [-0.3, -0.25) is 0 Å². The number of hydrogen-bond acceptors (Lipinski definition) is 3. The summed E-state index contributed by atoms with van der Waals surface area (Å²) >= 11 is 6.11. The highest BCUT2D eigenvalue weighted by Gasteiger charge is 2.46. The van der Waals surface area contributed by atoms with Gasteiger partial charge < -0.3 is 4.74 Å². The van der Waals surface area contributed by atoms with Crippen molar-refractivity contribution >= 4 is 23.5 Å². The molecule has 3 rings (SSSR count). The zero-order valence-electron chi connectivity index (χ0n) is 9.99. The van der Waals surface area contributed by atoms with Crippen LogP contribution in [0.15, 0.2) is 29.3 Å². The Morgan fingerprint density at radius 1 is 1.17 bits per heavy atom. The summed E-state index contributed by atoms with van der Waals surface area (Å²) in [7, 11) is 0. The molecule has 1 heterocycles. The van der Waals surface area contributed by atoms with Crippen LogP contribution in [-0.4, -0.2) is 17.4 Å². The lowest BCUT2D eigenvalue weighted by Gasteiger charge is -2.25. The third kappa shape index (κ3) is 1.83. The monoisotopic (exact) mass is 263 g/mol. The molecule has 1 aliphatic heterocycles. The van der Waals surface area contributed by atoms with Gasteiger partial charge in [0, 0.05) is 0 Å². The molecule has 94 valence electrons. The second kappa shape index (κ2) is 4.39. The molecule has 0 amide bonds. The Kier molecular flexibility index (Phi) is 2.86. The Bertz CT molecular complexity index is 518. The number of ether oxygens (including phenoxy) is 1. The molecular formula is C14H14ClNO2. The minimum absolute atomic E-state index is 0.211. The summed E-state index contributed by atoms with van der Waals surface area (Å²) in [6.45, 7) is 0. The van der Waals surface area contributed by atoms with E-state index in [0.717, 1.165) is 25.7 Å². The molecule has 0 bridgehead atoms. The van der Waals surface area contributed by atoms with Crippen LogP contribution in [0.3, 0.4) is 0 Å². The number of nitrogens with zero attached hydrogens (tertiary/aromatic N) is 1. The van der Waals surface area contributed by atoms with Gasteiger partial charge in [0.2, 0.25) is 5.90 Å². The number of aliphatic imine (C=N–C) groups is 1. The number of rotatable bonds is 1. The quantitative estimate of drug-likeness (QED) is 0.729. The Morgan fingerprint density at radius 3 is 2.61 bits per heavy atom. The average Bonchev–Trinajstić information content (AvgIpc) is 2.68. The maximum atomic E-state index is 12.1. The summed E-state index contributed by atoms with van der Waals surface area (Å²) in [6, 6.07) is 7.32. The molecule has 1 aromatic rings. The first-order chi connectivity index (χ1) is 8.71. The van der Waals surface area contributed by atoms with Crippen LogP contribution in [-0.2, 0) is 9.53 Å². The molecule has 0 atom stereocenters. The van der Waals surface area contributed by atoms with Crippen LogP contribution in [0.25, 0.3) is 0 Å². The Hall–Kier alpha value is -1.35. The van der Waals surface area contributed by atoms with Crippen molar-refractivity contribution in [1.82, 2.24) is 0 Å². The van der Waals surface area contributed by atoms with Gasteiger partial charge in [0.1, 0.15) is 0 Å². The molecule has 3 nitrogen and oxygen atoms in total. The smallest absolute Gasteiger partial charge is 0.340 e. The van der Waals surface area contributed by atoms with Gasteiger partial charge in [0.25, 0.3) is 0 Å². The predicted molar refractivity (Wildman–Crippen MR) is 69.9 cm³/mol. The first kappa shape index (κ1) is 11.7. The van der Waals surface area contributed by atoms with E-state index in [1.165, 1.54) is 6.42 Å². The SMILES string of the molecule is O=C1OC(c2ccccc2Cl)=NC12CCCCC2. The van der Waals surface area contributed by atoms with E-state index in [1.54, 1.807) is 6.07 Å². The van der Waals surface area contributed by atoms with Crippen molar-refractivity contribution in [3.63, 3.8) is 0 Å². The van der Waals surface area contributed by atoms with Crippen molar-refractivity contribution in [2.24, 2.45) is 4.99 Å². The number of carbonyl (C=O) groups excluding carboxylic acids is 1. The number of hydrogen-bond donors (Lipinski definition) is 0. The molecule has 0 N–H and O–H groups in total. The minimum Gasteiger partial charge on any atom is -0.405 e. The van der Waals surface area contributed by atoms with E-state index >= 15 is 0 Å². The van der Waals surface area contributed by atoms with E-state index in [2.05, 4.69) is 4.99 Å². The van der Waals surface area contributed by atoms with Gasteiger partial charge in [-0.2, -0.15) is 0 Å². The van der Waals surface area contributed by atoms with Gasteiger partial charge in [-0.25, -0.2) is 9.79 Å². The van der Waals surface area contributed by atoms with Crippen molar-refractivity contribution in [2.45, 2.75) is 37.6 Å². The lowest BCUT2D eigenvalue weighted by atomic mass is 9.83. The van der Waals surface area contributed by atoms with E-state index < -0.39 is 5.54 Å². The Labute approximate surface area is 111 Å². The first-order valence-corrected chi connectivity index (χ1v) is 6.66. The highest BCUT2D eigenvalue weighted by Crippen LogP contribution is 2.37. The fourth-order valence-corrected chi connectivity index (χ4v) is 2.86. The lowest BCUT2D eigenvalue weighted by Crippen LogP contribution is -2.35. The molecule has 1 spiro atoms. The number of halogens is 1. The highest BCUT2D eigenvalue weighted by molar-refractivity contribution is 6.34. The van der Waals surface area contributed by atoms with Crippen molar-refractivity contribution in [3.8, 4) is 0 Å². The molecule has 1 aliphatic carbocycles. The van der Waals surface area contributed by atoms with Crippen LogP contribution >= 0.6 is 11.6 Å². The van der Waals surface area contributed by atoms with E-state index in [9.17, 15) is 4.79 Å². The molecule has 4 heteroatoms. The number of esters is 1. The maximum Gasteiger partial charge on any atom is 0.340 e. The second-order valence-corrected chi connectivity index (χ2v) is 5.29. The topological polar surface area (TPSA) is 38.7 Å². The van der Waals surface area contributed by atoms with Crippen molar-refractivity contribution in [1.29, 1.82) is 0 Å². The fourth-order valence-electron chi connectivity index (χ4n) is 2.65. The largest absolute Gasteiger partial charge is 0.405 e. The molecule has 1 aromatic carbocycles. The van der Waals surface area contributed by atoms with E-state index in [-0.39, 0.29) is 5.97 Å². The molecule has 1 saturated carbocycles. The first-order valence-electron chi connectivity index (χ1n) is 6.28. The van der Waals surface area contributed by atoms with Crippen molar-refractivity contribution < 1.29 is 9.53 Å². The number of benzene rings is 1. The van der Waals surface area contributed by atoms with Crippen LogP contribution in [0, 0.1) is 0 Å².